The zero-order valence-corrected chi connectivity index (χ0v) is 13.1. The third-order valence-corrected chi connectivity index (χ3v) is 5.00. The summed E-state index contributed by atoms with van der Waals surface area (Å²) < 4.78 is 22.9. The number of sulfonamides is 1. The largest absolute Gasteiger partial charge is 0.326 e. The van der Waals surface area contributed by atoms with Crippen molar-refractivity contribution in [1.82, 2.24) is 0 Å². The van der Waals surface area contributed by atoms with Crippen LogP contribution in [0.2, 0.25) is 0 Å². The molecule has 1 saturated carbocycles. The number of hydrogen-bond acceptors (Lipinski definition) is 4. The van der Waals surface area contributed by atoms with Gasteiger partial charge in [0, 0.05) is 17.6 Å². The normalized spacial score (nSPS) is 17.1. The Balaban J connectivity index is 2.23. The molecule has 0 saturated heterocycles. The smallest absolute Gasteiger partial charge is 0.238 e. The van der Waals surface area contributed by atoms with Crippen LogP contribution in [0.15, 0.2) is 17.0 Å². The van der Waals surface area contributed by atoms with Crippen LogP contribution < -0.4 is 16.2 Å². The average Bonchev–Trinajstić information content (AvgIpc) is 2.31. The van der Waals surface area contributed by atoms with E-state index >= 15 is 0 Å². The minimum absolute atomic E-state index is 0.00740. The predicted molar refractivity (Wildman–Crippen MR) is 81.3 cm³/mol. The Labute approximate surface area is 124 Å². The predicted octanol–water partition coefficient (Wildman–Crippen LogP) is 1.16. The summed E-state index contributed by atoms with van der Waals surface area (Å²) in [5.41, 5.74) is 7.67. The molecule has 0 heterocycles. The van der Waals surface area contributed by atoms with Crippen molar-refractivity contribution in [2.45, 2.75) is 50.0 Å². The molecule has 5 N–H and O–H groups in total. The standard InChI is InChI=1S/C14H21N3O3S/c1-9-6-11(21(16,19)20)7-12(10(9)2)17-13(18)8-14(15)4-3-5-14/h6-7H,3-5,8,15H2,1-2H3,(H,17,18)(H2,16,19,20). The summed E-state index contributed by atoms with van der Waals surface area (Å²) >= 11 is 0. The molecule has 1 aliphatic rings. The first kappa shape index (κ1) is 15.9. The highest BCUT2D eigenvalue weighted by atomic mass is 32.2. The fraction of sp³-hybridized carbons (Fsp3) is 0.500. The molecule has 0 aliphatic heterocycles. The summed E-state index contributed by atoms with van der Waals surface area (Å²) in [5, 5.41) is 7.90. The number of carbonyl (C=O) groups is 1. The van der Waals surface area contributed by atoms with Gasteiger partial charge in [-0.3, -0.25) is 4.79 Å². The maximum atomic E-state index is 12.1. The number of anilines is 1. The Bertz CT molecular complexity index is 679. The molecule has 0 radical (unpaired) electrons. The average molecular weight is 311 g/mol. The van der Waals surface area contributed by atoms with Crippen LogP contribution in [0.1, 0.15) is 36.8 Å². The van der Waals surface area contributed by atoms with Crippen molar-refractivity contribution < 1.29 is 13.2 Å². The first-order valence-electron chi connectivity index (χ1n) is 6.83. The van der Waals surface area contributed by atoms with E-state index < -0.39 is 15.6 Å². The second-order valence-electron chi connectivity index (χ2n) is 5.90. The molecule has 116 valence electrons. The fourth-order valence-electron chi connectivity index (χ4n) is 2.44. The molecular formula is C14H21N3O3S. The van der Waals surface area contributed by atoms with Gasteiger partial charge in [-0.1, -0.05) is 0 Å². The molecule has 2 rings (SSSR count). The fourth-order valence-corrected chi connectivity index (χ4v) is 3.07. The van der Waals surface area contributed by atoms with Gasteiger partial charge in [0.2, 0.25) is 15.9 Å². The molecule has 1 fully saturated rings. The van der Waals surface area contributed by atoms with E-state index in [1.807, 2.05) is 6.92 Å². The topological polar surface area (TPSA) is 115 Å². The molecule has 1 aromatic carbocycles. The van der Waals surface area contributed by atoms with Gasteiger partial charge in [-0.25, -0.2) is 13.6 Å². The molecule has 7 heteroatoms. The van der Waals surface area contributed by atoms with E-state index in [1.165, 1.54) is 12.1 Å². The Kier molecular flexibility index (Phi) is 4.10. The van der Waals surface area contributed by atoms with Gasteiger partial charge in [-0.05, 0) is 56.4 Å². The molecule has 0 spiro atoms. The zero-order chi connectivity index (χ0) is 15.8. The maximum Gasteiger partial charge on any atom is 0.238 e. The Hall–Kier alpha value is -1.44. The summed E-state index contributed by atoms with van der Waals surface area (Å²) in [6.07, 6.45) is 2.97. The second-order valence-corrected chi connectivity index (χ2v) is 7.46. The van der Waals surface area contributed by atoms with Crippen molar-refractivity contribution in [3.8, 4) is 0 Å². The van der Waals surface area contributed by atoms with Crippen LogP contribution in [0.25, 0.3) is 0 Å². The highest BCUT2D eigenvalue weighted by Gasteiger charge is 2.34. The number of nitrogens with two attached hydrogens (primary N) is 2. The van der Waals surface area contributed by atoms with Crippen molar-refractivity contribution in [1.29, 1.82) is 0 Å². The van der Waals surface area contributed by atoms with Crippen molar-refractivity contribution in [2.75, 3.05) is 5.32 Å². The van der Waals surface area contributed by atoms with Gasteiger partial charge in [0.25, 0.3) is 0 Å². The van der Waals surface area contributed by atoms with E-state index in [2.05, 4.69) is 5.32 Å². The summed E-state index contributed by atoms with van der Waals surface area (Å²) in [7, 11) is -3.80. The van der Waals surface area contributed by atoms with Gasteiger partial charge in [0.1, 0.15) is 0 Å². The number of hydrogen-bond donors (Lipinski definition) is 3. The van der Waals surface area contributed by atoms with Crippen molar-refractivity contribution in [2.24, 2.45) is 10.9 Å². The quantitative estimate of drug-likeness (QED) is 0.773. The summed E-state index contributed by atoms with van der Waals surface area (Å²) in [6.45, 7) is 3.59. The number of aryl methyl sites for hydroxylation is 1. The van der Waals surface area contributed by atoms with Crippen LogP contribution in [0.5, 0.6) is 0 Å². The number of rotatable bonds is 4. The van der Waals surface area contributed by atoms with E-state index in [4.69, 9.17) is 10.9 Å². The molecular weight excluding hydrogens is 290 g/mol. The van der Waals surface area contributed by atoms with E-state index in [9.17, 15) is 13.2 Å². The van der Waals surface area contributed by atoms with Crippen LogP contribution in [0, 0.1) is 13.8 Å². The SMILES string of the molecule is Cc1cc(S(N)(=O)=O)cc(NC(=O)CC2(N)CCC2)c1C. The Morgan fingerprint density at radius 3 is 2.43 bits per heavy atom. The molecule has 1 aromatic rings. The van der Waals surface area contributed by atoms with Gasteiger partial charge >= 0.3 is 0 Å². The lowest BCUT2D eigenvalue weighted by molar-refractivity contribution is -0.118. The first-order valence-corrected chi connectivity index (χ1v) is 8.38. The summed E-state index contributed by atoms with van der Waals surface area (Å²) in [4.78, 5) is 12.1. The van der Waals surface area contributed by atoms with E-state index in [0.29, 0.717) is 5.69 Å². The highest BCUT2D eigenvalue weighted by Crippen LogP contribution is 2.32. The van der Waals surface area contributed by atoms with Crippen LogP contribution in [-0.4, -0.2) is 19.9 Å². The number of primary sulfonamides is 1. The number of nitrogens with one attached hydrogen (secondary N) is 1. The van der Waals surface area contributed by atoms with Crippen molar-refractivity contribution in [3.05, 3.63) is 23.3 Å². The number of carbonyl (C=O) groups excluding carboxylic acids is 1. The lowest BCUT2D eigenvalue weighted by atomic mass is 9.75. The molecule has 0 unspecified atom stereocenters. The first-order chi connectivity index (χ1) is 9.61. The maximum absolute atomic E-state index is 12.1. The van der Waals surface area contributed by atoms with Crippen LogP contribution in [0.4, 0.5) is 5.69 Å². The third kappa shape index (κ3) is 3.61. The van der Waals surface area contributed by atoms with E-state index in [-0.39, 0.29) is 17.2 Å². The molecule has 0 bridgehead atoms. The lowest BCUT2D eigenvalue weighted by Gasteiger charge is -2.37. The van der Waals surface area contributed by atoms with Gasteiger partial charge in [-0.15, -0.1) is 0 Å². The van der Waals surface area contributed by atoms with E-state index in [0.717, 1.165) is 30.4 Å². The molecule has 0 aromatic heterocycles. The minimum atomic E-state index is -3.80. The minimum Gasteiger partial charge on any atom is -0.326 e. The molecule has 1 amide bonds. The van der Waals surface area contributed by atoms with Crippen molar-refractivity contribution >= 4 is 21.6 Å². The molecule has 21 heavy (non-hydrogen) atoms. The third-order valence-electron chi connectivity index (χ3n) is 4.11. The van der Waals surface area contributed by atoms with Gasteiger partial charge in [0.05, 0.1) is 4.90 Å². The molecule has 6 nitrogen and oxygen atoms in total. The van der Waals surface area contributed by atoms with Crippen LogP contribution in [-0.2, 0) is 14.8 Å². The number of benzene rings is 1. The van der Waals surface area contributed by atoms with Crippen molar-refractivity contribution in [3.63, 3.8) is 0 Å². The van der Waals surface area contributed by atoms with Crippen LogP contribution in [0.3, 0.4) is 0 Å². The van der Waals surface area contributed by atoms with Gasteiger partial charge < -0.3 is 11.1 Å². The monoisotopic (exact) mass is 311 g/mol. The highest BCUT2D eigenvalue weighted by molar-refractivity contribution is 7.89. The summed E-state index contributed by atoms with van der Waals surface area (Å²) in [5.74, 6) is -0.203. The van der Waals surface area contributed by atoms with E-state index in [1.54, 1.807) is 6.92 Å². The second kappa shape index (κ2) is 5.40. The van der Waals surface area contributed by atoms with Gasteiger partial charge in [0.15, 0.2) is 0 Å². The zero-order valence-electron chi connectivity index (χ0n) is 12.3. The Morgan fingerprint density at radius 2 is 1.95 bits per heavy atom. The molecule has 1 aliphatic carbocycles. The van der Waals surface area contributed by atoms with Crippen LogP contribution >= 0.6 is 0 Å². The molecule has 0 atom stereocenters. The lowest BCUT2D eigenvalue weighted by Crippen LogP contribution is -2.49. The van der Waals surface area contributed by atoms with Gasteiger partial charge in [-0.2, -0.15) is 0 Å². The summed E-state index contributed by atoms with van der Waals surface area (Å²) in [6, 6.07) is 2.89. The Morgan fingerprint density at radius 1 is 1.33 bits per heavy atom. The number of amides is 1.